The van der Waals surface area contributed by atoms with Crippen molar-refractivity contribution < 1.29 is 5.11 Å². The predicted octanol–water partition coefficient (Wildman–Crippen LogP) is 1.92. The maximum Gasteiger partial charge on any atom is 0.0970 e. The van der Waals surface area contributed by atoms with E-state index in [9.17, 15) is 5.11 Å². The molecule has 3 rings (SSSR count). The molecule has 2 heterocycles. The number of aliphatic hydroxyl groups is 1. The van der Waals surface area contributed by atoms with E-state index in [-0.39, 0.29) is 0 Å². The Morgan fingerprint density at radius 3 is 2.95 bits per heavy atom. The first kappa shape index (κ1) is 15.2. The van der Waals surface area contributed by atoms with Gasteiger partial charge in [0.05, 0.1) is 18.3 Å². The molecule has 5 heteroatoms. The number of rotatable bonds is 4. The van der Waals surface area contributed by atoms with Gasteiger partial charge in [-0.3, -0.25) is 4.90 Å². The monoisotopic (exact) mass is 300 g/mol. The van der Waals surface area contributed by atoms with E-state index in [1.807, 2.05) is 6.20 Å². The van der Waals surface area contributed by atoms with Crippen LogP contribution < -0.4 is 0 Å². The number of hydrogen-bond acceptors (Lipinski definition) is 4. The molecule has 0 aliphatic carbocycles. The van der Waals surface area contributed by atoms with E-state index in [4.69, 9.17) is 0 Å². The van der Waals surface area contributed by atoms with Gasteiger partial charge in [0.1, 0.15) is 0 Å². The number of nitrogens with zero attached hydrogens (tertiary/aromatic N) is 4. The van der Waals surface area contributed by atoms with Crippen LogP contribution in [0.15, 0.2) is 30.6 Å². The van der Waals surface area contributed by atoms with Crippen molar-refractivity contribution in [3.05, 3.63) is 47.3 Å². The molecule has 22 heavy (non-hydrogen) atoms. The Labute approximate surface area is 131 Å². The number of aromatic nitrogens is 3. The lowest BCUT2D eigenvalue weighted by atomic mass is 9.92. The fourth-order valence-electron chi connectivity index (χ4n) is 3.30. The molecule has 118 valence electrons. The van der Waals surface area contributed by atoms with Crippen molar-refractivity contribution in [3.63, 3.8) is 0 Å². The third-order valence-electron chi connectivity index (χ3n) is 4.46. The molecule has 1 aromatic heterocycles. The summed E-state index contributed by atoms with van der Waals surface area (Å²) >= 11 is 0. The molecule has 5 nitrogen and oxygen atoms in total. The quantitative estimate of drug-likeness (QED) is 0.937. The summed E-state index contributed by atoms with van der Waals surface area (Å²) in [4.78, 5) is 2.35. The summed E-state index contributed by atoms with van der Waals surface area (Å²) in [6.45, 7) is 7.40. The summed E-state index contributed by atoms with van der Waals surface area (Å²) in [6.07, 6.45) is 5.29. The van der Waals surface area contributed by atoms with Gasteiger partial charge < -0.3 is 5.11 Å². The van der Waals surface area contributed by atoms with Gasteiger partial charge in [-0.05, 0) is 44.4 Å². The van der Waals surface area contributed by atoms with Crippen LogP contribution >= 0.6 is 0 Å². The minimum absolute atomic E-state index is 0.510. The van der Waals surface area contributed by atoms with Crippen molar-refractivity contribution in [2.45, 2.75) is 45.4 Å². The summed E-state index contributed by atoms with van der Waals surface area (Å²) in [5.74, 6) is 0. The molecule has 0 spiro atoms. The van der Waals surface area contributed by atoms with Crippen LogP contribution in [-0.4, -0.2) is 43.7 Å². The first-order valence-electron chi connectivity index (χ1n) is 7.89. The summed E-state index contributed by atoms with van der Waals surface area (Å²) in [5, 5.41) is 18.7. The molecule has 1 aliphatic rings. The zero-order valence-electron chi connectivity index (χ0n) is 13.4. The van der Waals surface area contributed by atoms with Gasteiger partial charge in [-0.2, -0.15) is 0 Å². The zero-order chi connectivity index (χ0) is 15.6. The highest BCUT2D eigenvalue weighted by atomic mass is 16.3. The Hall–Kier alpha value is -1.72. The minimum atomic E-state index is -0.719. The first-order valence-corrected chi connectivity index (χ1v) is 7.89. The highest BCUT2D eigenvalue weighted by Gasteiger charge is 2.34. The van der Waals surface area contributed by atoms with E-state index in [1.54, 1.807) is 10.9 Å². The Kier molecular flexibility index (Phi) is 4.27. The number of aryl methyl sites for hydroxylation is 2. The third-order valence-corrected chi connectivity index (χ3v) is 4.46. The average Bonchev–Trinajstić information content (AvgIpc) is 2.95. The van der Waals surface area contributed by atoms with Crippen molar-refractivity contribution in [2.24, 2.45) is 0 Å². The lowest BCUT2D eigenvalue weighted by Crippen LogP contribution is -2.50. The topological polar surface area (TPSA) is 54.2 Å². The van der Waals surface area contributed by atoms with Crippen molar-refractivity contribution in [1.82, 2.24) is 19.9 Å². The van der Waals surface area contributed by atoms with E-state index < -0.39 is 5.60 Å². The molecule has 1 N–H and O–H groups in total. The second kappa shape index (κ2) is 6.18. The fourth-order valence-corrected chi connectivity index (χ4v) is 3.30. The zero-order valence-corrected chi connectivity index (χ0v) is 13.4. The molecule has 2 aromatic rings. The number of benzene rings is 1. The molecule has 0 amide bonds. The molecule has 0 radical (unpaired) electrons. The third kappa shape index (κ3) is 3.54. The largest absolute Gasteiger partial charge is 0.387 e. The number of hydrogen-bond donors (Lipinski definition) is 1. The smallest absolute Gasteiger partial charge is 0.0970 e. The summed E-state index contributed by atoms with van der Waals surface area (Å²) in [5.41, 5.74) is 3.24. The van der Waals surface area contributed by atoms with Crippen LogP contribution in [0.3, 0.4) is 0 Å². The van der Waals surface area contributed by atoms with Crippen LogP contribution in [0.5, 0.6) is 0 Å². The molecule has 1 fully saturated rings. The highest BCUT2D eigenvalue weighted by molar-refractivity contribution is 5.30. The van der Waals surface area contributed by atoms with Gasteiger partial charge in [-0.15, -0.1) is 5.10 Å². The second-order valence-corrected chi connectivity index (χ2v) is 6.57. The standard InChI is InChI=1S/C17H24N4O/c1-14-4-5-15(2)16(10-14)11-20-8-3-6-17(22,12-20)13-21-9-7-18-19-21/h4-5,7,9-10,22H,3,6,8,11-13H2,1-2H3. The number of β-amino-alcohol motifs (C(OH)–C–C–N with tert-alkyl or cyclic N) is 1. The van der Waals surface area contributed by atoms with Crippen molar-refractivity contribution in [2.75, 3.05) is 13.1 Å². The summed E-state index contributed by atoms with van der Waals surface area (Å²) in [6, 6.07) is 6.58. The van der Waals surface area contributed by atoms with Gasteiger partial charge in [0.25, 0.3) is 0 Å². The molecule has 1 unspecified atom stereocenters. The molecule has 0 bridgehead atoms. The van der Waals surface area contributed by atoms with Crippen LogP contribution in [0.25, 0.3) is 0 Å². The maximum absolute atomic E-state index is 10.9. The van der Waals surface area contributed by atoms with Gasteiger partial charge in [0.2, 0.25) is 0 Å². The van der Waals surface area contributed by atoms with E-state index in [0.29, 0.717) is 13.1 Å². The van der Waals surface area contributed by atoms with Crippen molar-refractivity contribution in [1.29, 1.82) is 0 Å². The Balaban J connectivity index is 1.68. The van der Waals surface area contributed by atoms with Crippen LogP contribution in [0.4, 0.5) is 0 Å². The van der Waals surface area contributed by atoms with E-state index in [2.05, 4.69) is 47.3 Å². The van der Waals surface area contributed by atoms with Gasteiger partial charge >= 0.3 is 0 Å². The Bertz CT molecular complexity index is 626. The molecule has 1 saturated heterocycles. The van der Waals surface area contributed by atoms with Crippen molar-refractivity contribution >= 4 is 0 Å². The van der Waals surface area contributed by atoms with Crippen molar-refractivity contribution in [3.8, 4) is 0 Å². The highest BCUT2D eigenvalue weighted by Crippen LogP contribution is 2.25. The van der Waals surface area contributed by atoms with Crippen LogP contribution in [0, 0.1) is 13.8 Å². The van der Waals surface area contributed by atoms with Gasteiger partial charge in [0, 0.05) is 19.3 Å². The van der Waals surface area contributed by atoms with Crippen LogP contribution in [0.2, 0.25) is 0 Å². The average molecular weight is 300 g/mol. The van der Waals surface area contributed by atoms with E-state index in [1.165, 1.54) is 16.7 Å². The molecule has 1 aliphatic heterocycles. The van der Waals surface area contributed by atoms with Gasteiger partial charge in [0.15, 0.2) is 0 Å². The Morgan fingerprint density at radius 2 is 2.18 bits per heavy atom. The molecular formula is C17H24N4O. The van der Waals surface area contributed by atoms with Gasteiger partial charge in [-0.1, -0.05) is 29.0 Å². The normalized spacial score (nSPS) is 22.9. The number of likely N-dealkylation sites (tertiary alicyclic amines) is 1. The number of piperidine rings is 1. The molecule has 1 aromatic carbocycles. The predicted molar refractivity (Wildman–Crippen MR) is 85.4 cm³/mol. The minimum Gasteiger partial charge on any atom is -0.387 e. The molecule has 1 atom stereocenters. The summed E-state index contributed by atoms with van der Waals surface area (Å²) < 4.78 is 1.72. The second-order valence-electron chi connectivity index (χ2n) is 6.57. The van der Waals surface area contributed by atoms with E-state index in [0.717, 1.165) is 25.9 Å². The fraction of sp³-hybridized carbons (Fsp3) is 0.529. The lowest BCUT2D eigenvalue weighted by Gasteiger charge is -2.39. The van der Waals surface area contributed by atoms with E-state index >= 15 is 0 Å². The summed E-state index contributed by atoms with van der Waals surface area (Å²) in [7, 11) is 0. The van der Waals surface area contributed by atoms with Gasteiger partial charge in [-0.25, -0.2) is 4.68 Å². The SMILES string of the molecule is Cc1ccc(C)c(CN2CCCC(O)(Cn3ccnn3)C2)c1. The molecular weight excluding hydrogens is 276 g/mol. The first-order chi connectivity index (χ1) is 10.5. The maximum atomic E-state index is 10.9. The molecule has 0 saturated carbocycles. The Morgan fingerprint density at radius 1 is 1.32 bits per heavy atom. The lowest BCUT2D eigenvalue weighted by molar-refractivity contribution is -0.0478. The van der Waals surface area contributed by atoms with Crippen LogP contribution in [-0.2, 0) is 13.1 Å². The van der Waals surface area contributed by atoms with Crippen LogP contribution in [0.1, 0.15) is 29.5 Å².